The summed E-state index contributed by atoms with van der Waals surface area (Å²) in [7, 11) is 2.01. The Morgan fingerprint density at radius 2 is 2.00 bits per heavy atom. The van der Waals surface area contributed by atoms with E-state index in [1.807, 2.05) is 18.0 Å². The lowest BCUT2D eigenvalue weighted by atomic mass is 9.93. The molecular formula is C21H22F3N5O. The highest BCUT2D eigenvalue weighted by Gasteiger charge is 2.42. The lowest BCUT2D eigenvalue weighted by Gasteiger charge is -2.41. The molecule has 30 heavy (non-hydrogen) atoms. The van der Waals surface area contributed by atoms with Crippen LogP contribution in [0.1, 0.15) is 36.0 Å². The number of phenols is 1. The minimum absolute atomic E-state index is 0.0776. The molecule has 1 atom stereocenters. The van der Waals surface area contributed by atoms with E-state index in [4.69, 9.17) is 5.26 Å². The summed E-state index contributed by atoms with van der Waals surface area (Å²) in [5.74, 6) is -0.124. The van der Waals surface area contributed by atoms with Gasteiger partial charge in [-0.15, -0.1) is 10.2 Å². The Bertz CT molecular complexity index is 1000. The van der Waals surface area contributed by atoms with Crippen LogP contribution in [0.25, 0.3) is 11.3 Å². The van der Waals surface area contributed by atoms with Gasteiger partial charge in [-0.25, -0.2) is 0 Å². The molecule has 1 aromatic heterocycles. The smallest absolute Gasteiger partial charge is 0.418 e. The fourth-order valence-corrected chi connectivity index (χ4v) is 4.51. The minimum atomic E-state index is -4.65. The summed E-state index contributed by atoms with van der Waals surface area (Å²) in [5, 5.41) is 27.4. The highest BCUT2D eigenvalue weighted by atomic mass is 19.4. The number of aromatic nitrogens is 2. The zero-order valence-corrected chi connectivity index (χ0v) is 16.6. The molecule has 1 saturated heterocycles. The Labute approximate surface area is 172 Å². The first-order valence-corrected chi connectivity index (χ1v) is 9.95. The standard InChI is InChI=1S/C21H22F3N5O/c1-28-8-2-4-14(12-28)29-9-3-5-16-18(21(22,23)24)19(26-27-20(16)29)15-7-6-13(11-25)10-17(15)30/h6-7,10,14,30H,2-5,8-9,12H2,1H3/t14-/m1/s1. The van der Waals surface area contributed by atoms with Crippen molar-refractivity contribution in [3.05, 3.63) is 34.9 Å². The third-order valence-electron chi connectivity index (χ3n) is 5.86. The molecule has 0 aliphatic carbocycles. The minimum Gasteiger partial charge on any atom is -0.507 e. The number of likely N-dealkylation sites (N-methyl/N-ethyl adjacent to an activating group) is 1. The molecule has 2 aliphatic heterocycles. The molecule has 2 aromatic rings. The molecule has 0 unspecified atom stereocenters. The highest BCUT2D eigenvalue weighted by Crippen LogP contribution is 2.45. The van der Waals surface area contributed by atoms with Gasteiger partial charge in [0.25, 0.3) is 0 Å². The number of nitrogens with zero attached hydrogens (tertiary/aromatic N) is 5. The van der Waals surface area contributed by atoms with Crippen LogP contribution in [0.2, 0.25) is 0 Å². The van der Waals surface area contributed by atoms with Gasteiger partial charge in [0.05, 0.1) is 17.2 Å². The van der Waals surface area contributed by atoms with Crippen molar-refractivity contribution in [1.82, 2.24) is 15.1 Å². The van der Waals surface area contributed by atoms with Crippen LogP contribution in [-0.4, -0.2) is 52.9 Å². The van der Waals surface area contributed by atoms with E-state index in [1.54, 1.807) is 0 Å². The number of halogens is 3. The van der Waals surface area contributed by atoms with Gasteiger partial charge in [0.2, 0.25) is 0 Å². The molecule has 2 aliphatic rings. The number of anilines is 1. The lowest BCUT2D eigenvalue weighted by Crippen LogP contribution is -2.49. The molecule has 0 spiro atoms. The van der Waals surface area contributed by atoms with Crippen LogP contribution >= 0.6 is 0 Å². The van der Waals surface area contributed by atoms with Crippen molar-refractivity contribution in [2.24, 2.45) is 0 Å². The average molecular weight is 417 g/mol. The molecular weight excluding hydrogens is 395 g/mol. The number of benzene rings is 1. The number of hydrogen-bond acceptors (Lipinski definition) is 6. The number of alkyl halides is 3. The summed E-state index contributed by atoms with van der Waals surface area (Å²) < 4.78 is 42.6. The molecule has 4 rings (SSSR count). The first-order valence-electron chi connectivity index (χ1n) is 9.95. The summed E-state index contributed by atoms with van der Waals surface area (Å²) in [6, 6.07) is 5.75. The van der Waals surface area contributed by atoms with Gasteiger partial charge < -0.3 is 14.9 Å². The number of piperidine rings is 1. The van der Waals surface area contributed by atoms with Gasteiger partial charge >= 0.3 is 6.18 Å². The van der Waals surface area contributed by atoms with Crippen molar-refractivity contribution >= 4 is 5.82 Å². The van der Waals surface area contributed by atoms with Crippen molar-refractivity contribution in [1.29, 1.82) is 5.26 Å². The molecule has 0 radical (unpaired) electrons. The topological polar surface area (TPSA) is 76.3 Å². The van der Waals surface area contributed by atoms with Crippen LogP contribution in [0.4, 0.5) is 19.0 Å². The summed E-state index contributed by atoms with van der Waals surface area (Å²) >= 11 is 0. The van der Waals surface area contributed by atoms with E-state index < -0.39 is 23.2 Å². The van der Waals surface area contributed by atoms with Gasteiger partial charge in [-0.3, -0.25) is 0 Å². The van der Waals surface area contributed by atoms with Crippen molar-refractivity contribution in [3.8, 4) is 23.1 Å². The molecule has 3 heterocycles. The number of phenolic OH excluding ortho intramolecular Hbond substituents is 1. The van der Waals surface area contributed by atoms with Gasteiger partial charge in [-0.1, -0.05) is 0 Å². The van der Waals surface area contributed by atoms with Crippen LogP contribution in [0, 0.1) is 11.3 Å². The number of fused-ring (bicyclic) bond motifs is 1. The second kappa shape index (κ2) is 7.76. The second-order valence-electron chi connectivity index (χ2n) is 7.92. The molecule has 9 heteroatoms. The predicted octanol–water partition coefficient (Wildman–Crippen LogP) is 3.59. The van der Waals surface area contributed by atoms with Gasteiger partial charge in [0, 0.05) is 30.3 Å². The predicted molar refractivity (Wildman–Crippen MR) is 105 cm³/mol. The van der Waals surface area contributed by atoms with Gasteiger partial charge in [-0.05, 0) is 57.5 Å². The Balaban J connectivity index is 1.85. The summed E-state index contributed by atoms with van der Waals surface area (Å²) in [6.45, 7) is 2.41. The molecule has 0 bridgehead atoms. The van der Waals surface area contributed by atoms with Crippen molar-refractivity contribution in [2.75, 3.05) is 31.6 Å². The Kier molecular flexibility index (Phi) is 5.28. The van der Waals surface area contributed by atoms with Crippen molar-refractivity contribution < 1.29 is 18.3 Å². The Morgan fingerprint density at radius 3 is 2.67 bits per heavy atom. The van der Waals surface area contributed by atoms with Crippen LogP contribution < -0.4 is 4.90 Å². The lowest BCUT2D eigenvalue weighted by molar-refractivity contribution is -0.138. The van der Waals surface area contributed by atoms with Crippen LogP contribution in [0.5, 0.6) is 5.75 Å². The summed E-state index contributed by atoms with van der Waals surface area (Å²) in [4.78, 5) is 4.16. The van der Waals surface area contributed by atoms with E-state index in [9.17, 15) is 18.3 Å². The van der Waals surface area contributed by atoms with Crippen LogP contribution in [0.15, 0.2) is 18.2 Å². The number of likely N-dealkylation sites (tertiary alicyclic amines) is 1. The number of nitriles is 1. The highest BCUT2D eigenvalue weighted by molar-refractivity contribution is 5.74. The zero-order valence-electron chi connectivity index (χ0n) is 16.6. The molecule has 0 amide bonds. The molecule has 6 nitrogen and oxygen atoms in total. The van der Waals surface area contributed by atoms with E-state index in [1.165, 1.54) is 12.1 Å². The Morgan fingerprint density at radius 1 is 1.20 bits per heavy atom. The third-order valence-corrected chi connectivity index (χ3v) is 5.86. The SMILES string of the molecule is CN1CCC[C@@H](N2CCCc3c2nnc(-c2ccc(C#N)cc2O)c3C(F)(F)F)C1. The maximum absolute atomic E-state index is 14.2. The second-order valence-corrected chi connectivity index (χ2v) is 7.92. The largest absolute Gasteiger partial charge is 0.507 e. The van der Waals surface area contributed by atoms with E-state index in [-0.39, 0.29) is 29.2 Å². The van der Waals surface area contributed by atoms with Gasteiger partial charge in [0.15, 0.2) is 5.82 Å². The molecule has 1 N–H and O–H groups in total. The average Bonchev–Trinajstić information content (AvgIpc) is 2.71. The molecule has 1 aromatic carbocycles. The third kappa shape index (κ3) is 3.67. The molecule has 158 valence electrons. The maximum atomic E-state index is 14.2. The number of hydrogen-bond donors (Lipinski definition) is 1. The number of aromatic hydroxyl groups is 1. The molecule has 1 fully saturated rings. The normalized spacial score (nSPS) is 20.0. The summed E-state index contributed by atoms with van der Waals surface area (Å²) in [5.41, 5.74) is -1.03. The van der Waals surface area contributed by atoms with E-state index >= 15 is 0 Å². The maximum Gasteiger partial charge on any atom is 0.418 e. The first-order chi connectivity index (χ1) is 14.3. The fourth-order valence-electron chi connectivity index (χ4n) is 4.51. The van der Waals surface area contributed by atoms with Gasteiger partial charge in [0.1, 0.15) is 11.4 Å². The van der Waals surface area contributed by atoms with E-state index in [0.717, 1.165) is 32.0 Å². The molecule has 0 saturated carbocycles. The van der Waals surface area contributed by atoms with E-state index in [2.05, 4.69) is 15.1 Å². The number of rotatable bonds is 2. The Hall–Kier alpha value is -2.86. The van der Waals surface area contributed by atoms with Crippen LogP contribution in [-0.2, 0) is 12.6 Å². The monoisotopic (exact) mass is 417 g/mol. The van der Waals surface area contributed by atoms with Gasteiger partial charge in [-0.2, -0.15) is 18.4 Å². The fraction of sp³-hybridized carbons (Fsp3) is 0.476. The van der Waals surface area contributed by atoms with E-state index in [0.29, 0.717) is 18.8 Å². The first kappa shape index (κ1) is 20.4. The van der Waals surface area contributed by atoms with Crippen molar-refractivity contribution in [3.63, 3.8) is 0 Å². The quantitative estimate of drug-likeness (QED) is 0.805. The van der Waals surface area contributed by atoms with Crippen LogP contribution in [0.3, 0.4) is 0 Å². The zero-order chi connectivity index (χ0) is 21.5. The summed E-state index contributed by atoms with van der Waals surface area (Å²) in [6.07, 6.45) is -1.90. The van der Waals surface area contributed by atoms with Crippen molar-refractivity contribution in [2.45, 2.75) is 37.9 Å².